The predicted molar refractivity (Wildman–Crippen MR) is 72.3 cm³/mol. The van der Waals surface area contributed by atoms with Crippen LogP contribution in [-0.2, 0) is 4.74 Å². The molecular weight excluding hydrogens is 274 g/mol. The molecule has 2 atom stereocenters. The first-order valence-corrected chi connectivity index (χ1v) is 6.87. The van der Waals surface area contributed by atoms with E-state index < -0.39 is 11.9 Å². The fourth-order valence-electron chi connectivity index (χ4n) is 2.91. The van der Waals surface area contributed by atoms with Crippen molar-refractivity contribution in [1.29, 1.82) is 0 Å². The first-order valence-electron chi connectivity index (χ1n) is 6.87. The van der Waals surface area contributed by atoms with E-state index in [0.717, 1.165) is 12.8 Å². The van der Waals surface area contributed by atoms with E-state index in [1.54, 1.807) is 6.92 Å². The fourth-order valence-corrected chi connectivity index (χ4v) is 2.91. The van der Waals surface area contributed by atoms with Gasteiger partial charge in [-0.2, -0.15) is 0 Å². The van der Waals surface area contributed by atoms with Gasteiger partial charge in [-0.1, -0.05) is 0 Å². The highest BCUT2D eigenvalue weighted by atomic mass is 16.5. The smallest absolute Gasteiger partial charge is 0.335 e. The number of hydrogen-bond acceptors (Lipinski definition) is 4. The van der Waals surface area contributed by atoms with Crippen LogP contribution in [-0.4, -0.2) is 46.5 Å². The molecule has 2 aliphatic rings. The number of fused-ring (bicyclic) bond motifs is 1. The number of rotatable bonds is 3. The maximum atomic E-state index is 12.4. The summed E-state index contributed by atoms with van der Waals surface area (Å²) in [5, 5.41) is 8.99. The van der Waals surface area contributed by atoms with E-state index >= 15 is 0 Å². The van der Waals surface area contributed by atoms with Crippen molar-refractivity contribution < 1.29 is 24.2 Å². The Morgan fingerprint density at radius 1 is 1.33 bits per heavy atom. The third-order valence-electron chi connectivity index (χ3n) is 4.08. The van der Waals surface area contributed by atoms with Crippen LogP contribution in [0.5, 0.6) is 0 Å². The number of carboxylic acids is 1. The summed E-state index contributed by atoms with van der Waals surface area (Å²) in [7, 11) is 0. The standard InChI is InChI=1S/C15H15NO5/c1-8(12-3-2-6-21-12)16-13(17)10-5-4-9(15(19)20)7-11(10)14(16)18/h4-5,7-8,12H,2-3,6H2,1H3,(H,19,20). The highest BCUT2D eigenvalue weighted by molar-refractivity contribution is 6.22. The van der Waals surface area contributed by atoms with Crippen molar-refractivity contribution in [3.63, 3.8) is 0 Å². The Bertz CT molecular complexity index is 633. The number of aromatic carboxylic acids is 1. The van der Waals surface area contributed by atoms with Crippen LogP contribution in [0.25, 0.3) is 0 Å². The minimum absolute atomic E-state index is 0.00141. The second-order valence-corrected chi connectivity index (χ2v) is 5.34. The molecule has 0 aliphatic carbocycles. The van der Waals surface area contributed by atoms with Crippen molar-refractivity contribution in [3.8, 4) is 0 Å². The van der Waals surface area contributed by atoms with E-state index in [1.165, 1.54) is 23.1 Å². The Morgan fingerprint density at radius 3 is 2.67 bits per heavy atom. The van der Waals surface area contributed by atoms with Gasteiger partial charge in [-0.25, -0.2) is 4.79 Å². The number of carboxylic acid groups (broad SMARTS) is 1. The van der Waals surface area contributed by atoms with Crippen LogP contribution in [0.15, 0.2) is 18.2 Å². The summed E-state index contributed by atoms with van der Waals surface area (Å²) in [4.78, 5) is 37.0. The lowest BCUT2D eigenvalue weighted by molar-refractivity contribution is 0.0270. The largest absolute Gasteiger partial charge is 0.478 e. The first-order chi connectivity index (χ1) is 10.0. The van der Waals surface area contributed by atoms with E-state index in [-0.39, 0.29) is 34.7 Å². The summed E-state index contributed by atoms with van der Waals surface area (Å²) in [6.45, 7) is 2.43. The summed E-state index contributed by atoms with van der Waals surface area (Å²) >= 11 is 0. The molecule has 2 heterocycles. The van der Waals surface area contributed by atoms with Crippen molar-refractivity contribution in [2.24, 2.45) is 0 Å². The zero-order valence-electron chi connectivity index (χ0n) is 11.5. The number of benzene rings is 1. The molecule has 1 aromatic carbocycles. The summed E-state index contributed by atoms with van der Waals surface area (Å²) in [5.41, 5.74) is 0.418. The lowest BCUT2D eigenvalue weighted by Gasteiger charge is -2.27. The minimum atomic E-state index is -1.12. The predicted octanol–water partition coefficient (Wildman–Crippen LogP) is 1.55. The SMILES string of the molecule is CC(C1CCCO1)N1C(=O)c2ccc(C(=O)O)cc2C1=O. The normalized spacial score (nSPS) is 22.5. The zero-order chi connectivity index (χ0) is 15.1. The van der Waals surface area contributed by atoms with Crippen LogP contribution in [0.4, 0.5) is 0 Å². The van der Waals surface area contributed by atoms with E-state index in [1.807, 2.05) is 0 Å². The molecule has 6 heteroatoms. The van der Waals surface area contributed by atoms with E-state index in [0.29, 0.717) is 6.61 Å². The van der Waals surface area contributed by atoms with Crippen LogP contribution < -0.4 is 0 Å². The minimum Gasteiger partial charge on any atom is -0.478 e. The van der Waals surface area contributed by atoms with E-state index in [9.17, 15) is 14.4 Å². The van der Waals surface area contributed by atoms with E-state index in [4.69, 9.17) is 9.84 Å². The van der Waals surface area contributed by atoms with Gasteiger partial charge >= 0.3 is 5.97 Å². The topological polar surface area (TPSA) is 83.9 Å². The molecule has 1 aromatic rings. The van der Waals surface area contributed by atoms with Gasteiger partial charge in [0.25, 0.3) is 11.8 Å². The highest BCUT2D eigenvalue weighted by Gasteiger charge is 2.42. The molecule has 1 saturated heterocycles. The molecule has 0 radical (unpaired) electrons. The molecule has 1 fully saturated rings. The maximum Gasteiger partial charge on any atom is 0.335 e. The molecule has 0 saturated carbocycles. The van der Waals surface area contributed by atoms with Crippen molar-refractivity contribution >= 4 is 17.8 Å². The summed E-state index contributed by atoms with van der Waals surface area (Å²) in [6, 6.07) is 3.65. The number of ether oxygens (including phenoxy) is 1. The molecule has 21 heavy (non-hydrogen) atoms. The molecule has 2 aliphatic heterocycles. The molecule has 0 aromatic heterocycles. The molecular formula is C15H15NO5. The quantitative estimate of drug-likeness (QED) is 0.853. The Labute approximate surface area is 121 Å². The average molecular weight is 289 g/mol. The van der Waals surface area contributed by atoms with Gasteiger partial charge in [-0.05, 0) is 38.0 Å². The Kier molecular flexibility index (Phi) is 3.25. The fraction of sp³-hybridized carbons (Fsp3) is 0.400. The lowest BCUT2D eigenvalue weighted by atomic mass is 10.1. The molecule has 0 spiro atoms. The molecule has 110 valence electrons. The number of nitrogens with zero attached hydrogens (tertiary/aromatic N) is 1. The third-order valence-corrected chi connectivity index (χ3v) is 4.08. The maximum absolute atomic E-state index is 12.4. The van der Waals surface area contributed by atoms with Crippen molar-refractivity contribution in [2.45, 2.75) is 31.9 Å². The number of carbonyl (C=O) groups is 3. The molecule has 6 nitrogen and oxygen atoms in total. The van der Waals surface area contributed by atoms with Gasteiger partial charge in [0.15, 0.2) is 0 Å². The monoisotopic (exact) mass is 289 g/mol. The van der Waals surface area contributed by atoms with E-state index in [2.05, 4.69) is 0 Å². The Morgan fingerprint density at radius 2 is 2.05 bits per heavy atom. The van der Waals surface area contributed by atoms with Crippen LogP contribution in [0.2, 0.25) is 0 Å². The molecule has 3 rings (SSSR count). The zero-order valence-corrected chi connectivity index (χ0v) is 11.5. The average Bonchev–Trinajstić information content (AvgIpc) is 3.07. The second kappa shape index (κ2) is 4.96. The van der Waals surface area contributed by atoms with Gasteiger partial charge in [0.2, 0.25) is 0 Å². The summed E-state index contributed by atoms with van der Waals surface area (Å²) in [6.07, 6.45) is 1.59. The third kappa shape index (κ3) is 2.12. The van der Waals surface area contributed by atoms with Gasteiger partial charge in [-0.3, -0.25) is 14.5 Å². The number of hydrogen-bond donors (Lipinski definition) is 1. The van der Waals surface area contributed by atoms with Crippen LogP contribution >= 0.6 is 0 Å². The molecule has 2 amide bonds. The molecule has 1 N–H and O–H groups in total. The number of imide groups is 1. The lowest BCUT2D eigenvalue weighted by Crippen LogP contribution is -2.44. The number of carbonyl (C=O) groups excluding carboxylic acids is 2. The van der Waals surface area contributed by atoms with Gasteiger partial charge in [0, 0.05) is 6.61 Å². The second-order valence-electron chi connectivity index (χ2n) is 5.34. The first kappa shape index (κ1) is 13.8. The summed E-state index contributed by atoms with van der Waals surface area (Å²) < 4.78 is 5.54. The van der Waals surface area contributed by atoms with Crippen molar-refractivity contribution in [2.75, 3.05) is 6.61 Å². The van der Waals surface area contributed by atoms with Gasteiger partial charge in [0.05, 0.1) is 28.8 Å². The van der Waals surface area contributed by atoms with Crippen molar-refractivity contribution in [3.05, 3.63) is 34.9 Å². The molecule has 0 bridgehead atoms. The Balaban J connectivity index is 1.94. The van der Waals surface area contributed by atoms with Crippen molar-refractivity contribution in [1.82, 2.24) is 4.90 Å². The van der Waals surface area contributed by atoms with Crippen LogP contribution in [0, 0.1) is 0 Å². The number of amides is 2. The van der Waals surface area contributed by atoms with Gasteiger partial charge < -0.3 is 9.84 Å². The van der Waals surface area contributed by atoms with Gasteiger partial charge in [-0.15, -0.1) is 0 Å². The van der Waals surface area contributed by atoms with Crippen LogP contribution in [0.1, 0.15) is 50.8 Å². The summed E-state index contributed by atoms with van der Waals surface area (Å²) in [5.74, 6) is -1.94. The molecule has 2 unspecified atom stereocenters. The van der Waals surface area contributed by atoms with Crippen LogP contribution in [0.3, 0.4) is 0 Å². The van der Waals surface area contributed by atoms with Gasteiger partial charge in [0.1, 0.15) is 0 Å². The highest BCUT2D eigenvalue weighted by Crippen LogP contribution is 2.29. The Hall–Kier alpha value is -2.21.